The van der Waals surface area contributed by atoms with Gasteiger partial charge in [-0.25, -0.2) is 9.18 Å². The predicted molar refractivity (Wildman–Crippen MR) is 82.3 cm³/mol. The van der Waals surface area contributed by atoms with Crippen molar-refractivity contribution < 1.29 is 14.3 Å². The van der Waals surface area contributed by atoms with Crippen molar-refractivity contribution >= 4 is 5.97 Å². The van der Waals surface area contributed by atoms with Crippen LogP contribution in [0.5, 0.6) is 0 Å². The largest absolute Gasteiger partial charge is 0.478 e. The van der Waals surface area contributed by atoms with Crippen LogP contribution in [0.25, 0.3) is 0 Å². The van der Waals surface area contributed by atoms with E-state index in [2.05, 4.69) is 5.32 Å². The number of carboxylic acids is 1. The van der Waals surface area contributed by atoms with E-state index in [1.807, 2.05) is 18.2 Å². The Kier molecular flexibility index (Phi) is 3.94. The molecule has 0 amide bonds. The molecule has 4 heteroatoms. The summed E-state index contributed by atoms with van der Waals surface area (Å²) in [5, 5.41) is 12.5. The average Bonchev–Trinajstić information content (AvgIpc) is 3.28. The van der Waals surface area contributed by atoms with Crippen molar-refractivity contribution in [2.45, 2.75) is 31.3 Å². The molecular weight excluding hydrogens is 281 g/mol. The van der Waals surface area contributed by atoms with Crippen LogP contribution in [-0.4, -0.2) is 16.6 Å². The summed E-state index contributed by atoms with van der Waals surface area (Å²) in [6.07, 6.45) is 3.04. The Morgan fingerprint density at radius 1 is 1.14 bits per heavy atom. The second kappa shape index (κ2) is 5.89. The zero-order valence-corrected chi connectivity index (χ0v) is 12.2. The van der Waals surface area contributed by atoms with Gasteiger partial charge in [0.2, 0.25) is 0 Å². The van der Waals surface area contributed by atoms with E-state index in [0.717, 1.165) is 30.4 Å². The molecular formula is C18H18FNO2. The molecule has 0 atom stereocenters. The molecule has 0 aromatic heterocycles. The molecule has 0 unspecified atom stereocenters. The highest BCUT2D eigenvalue weighted by Crippen LogP contribution is 2.39. The molecule has 0 saturated heterocycles. The quantitative estimate of drug-likeness (QED) is 0.859. The topological polar surface area (TPSA) is 49.3 Å². The van der Waals surface area contributed by atoms with Gasteiger partial charge in [0, 0.05) is 12.1 Å². The van der Waals surface area contributed by atoms with Crippen LogP contribution in [0.15, 0.2) is 48.5 Å². The fraction of sp³-hybridized carbons (Fsp3) is 0.278. The summed E-state index contributed by atoms with van der Waals surface area (Å²) in [5.74, 6) is -1.12. The van der Waals surface area contributed by atoms with E-state index in [0.29, 0.717) is 12.1 Å². The van der Waals surface area contributed by atoms with Gasteiger partial charge in [-0.1, -0.05) is 24.3 Å². The number of rotatable bonds is 6. The normalized spacial score (nSPS) is 15.5. The number of hydrogen-bond acceptors (Lipinski definition) is 2. The first-order valence-corrected chi connectivity index (χ1v) is 7.38. The summed E-state index contributed by atoms with van der Waals surface area (Å²) in [7, 11) is 0. The maximum atomic E-state index is 12.9. The number of aromatic carboxylic acids is 1. The van der Waals surface area contributed by atoms with Gasteiger partial charge in [0.25, 0.3) is 0 Å². The van der Waals surface area contributed by atoms with E-state index in [9.17, 15) is 9.18 Å². The number of carboxylic acid groups (broad SMARTS) is 1. The fourth-order valence-electron chi connectivity index (χ4n) is 2.66. The maximum absolute atomic E-state index is 12.9. The van der Waals surface area contributed by atoms with Crippen LogP contribution < -0.4 is 5.32 Å². The molecule has 0 aliphatic heterocycles. The van der Waals surface area contributed by atoms with E-state index >= 15 is 0 Å². The number of nitrogens with one attached hydrogen (secondary N) is 1. The molecule has 2 aromatic carbocycles. The lowest BCUT2D eigenvalue weighted by atomic mass is 10.0. The van der Waals surface area contributed by atoms with E-state index in [-0.39, 0.29) is 11.4 Å². The number of benzene rings is 2. The van der Waals surface area contributed by atoms with Gasteiger partial charge in [-0.15, -0.1) is 0 Å². The first-order chi connectivity index (χ1) is 10.6. The zero-order valence-electron chi connectivity index (χ0n) is 12.2. The Morgan fingerprint density at radius 3 is 2.50 bits per heavy atom. The molecule has 0 heterocycles. The summed E-state index contributed by atoms with van der Waals surface area (Å²) < 4.78 is 12.9. The molecule has 3 rings (SSSR count). The first kappa shape index (κ1) is 14.7. The van der Waals surface area contributed by atoms with Crippen molar-refractivity contribution in [3.8, 4) is 0 Å². The van der Waals surface area contributed by atoms with Crippen LogP contribution in [0.4, 0.5) is 4.39 Å². The summed E-state index contributed by atoms with van der Waals surface area (Å²) in [6, 6.07) is 13.6. The lowest BCUT2D eigenvalue weighted by molar-refractivity contribution is 0.0696. The lowest BCUT2D eigenvalue weighted by Crippen LogP contribution is -2.32. The van der Waals surface area contributed by atoms with E-state index in [1.54, 1.807) is 18.2 Å². The average molecular weight is 299 g/mol. The Labute approximate surface area is 128 Å². The molecule has 114 valence electrons. The molecule has 2 N–H and O–H groups in total. The van der Waals surface area contributed by atoms with Crippen molar-refractivity contribution in [1.29, 1.82) is 0 Å². The van der Waals surface area contributed by atoms with Crippen LogP contribution >= 0.6 is 0 Å². The maximum Gasteiger partial charge on any atom is 0.335 e. The lowest BCUT2D eigenvalue weighted by Gasteiger charge is -2.18. The van der Waals surface area contributed by atoms with Crippen molar-refractivity contribution in [2.75, 3.05) is 0 Å². The number of halogens is 1. The van der Waals surface area contributed by atoms with Crippen molar-refractivity contribution in [2.24, 2.45) is 0 Å². The molecule has 3 nitrogen and oxygen atoms in total. The van der Waals surface area contributed by atoms with E-state index in [1.165, 1.54) is 12.1 Å². The second-order valence-corrected chi connectivity index (χ2v) is 5.94. The molecule has 0 bridgehead atoms. The monoisotopic (exact) mass is 299 g/mol. The van der Waals surface area contributed by atoms with Gasteiger partial charge >= 0.3 is 5.97 Å². The highest BCUT2D eigenvalue weighted by molar-refractivity contribution is 5.87. The Balaban J connectivity index is 1.62. The van der Waals surface area contributed by atoms with Crippen molar-refractivity contribution in [3.05, 3.63) is 71.0 Å². The minimum absolute atomic E-state index is 0.0665. The smallest absolute Gasteiger partial charge is 0.335 e. The molecule has 0 radical (unpaired) electrons. The molecule has 0 spiro atoms. The van der Waals surface area contributed by atoms with Gasteiger partial charge in [0.05, 0.1) is 5.56 Å². The highest BCUT2D eigenvalue weighted by Gasteiger charge is 2.41. The Hall–Kier alpha value is -2.20. The van der Waals surface area contributed by atoms with Crippen molar-refractivity contribution in [1.82, 2.24) is 5.32 Å². The predicted octanol–water partition coefficient (Wildman–Crippen LogP) is 3.39. The SMILES string of the molecule is O=C(O)c1cccc(CNC2(Cc3ccc(F)cc3)CC2)c1. The third kappa shape index (κ3) is 3.52. The molecule has 1 fully saturated rings. The van der Waals surface area contributed by atoms with Gasteiger partial charge in [-0.3, -0.25) is 0 Å². The fourth-order valence-corrected chi connectivity index (χ4v) is 2.66. The summed E-state index contributed by atoms with van der Waals surface area (Å²) in [4.78, 5) is 11.0. The van der Waals surface area contributed by atoms with Gasteiger partial charge in [0.1, 0.15) is 5.82 Å². The van der Waals surface area contributed by atoms with Crippen LogP contribution in [0.1, 0.15) is 34.3 Å². The van der Waals surface area contributed by atoms with E-state index in [4.69, 9.17) is 5.11 Å². The number of carbonyl (C=O) groups is 1. The third-order valence-electron chi connectivity index (χ3n) is 4.15. The highest BCUT2D eigenvalue weighted by atomic mass is 19.1. The molecule has 1 aliphatic rings. The van der Waals surface area contributed by atoms with Gasteiger partial charge in [0.15, 0.2) is 0 Å². The minimum atomic E-state index is -0.908. The van der Waals surface area contributed by atoms with E-state index < -0.39 is 5.97 Å². The Morgan fingerprint density at radius 2 is 1.86 bits per heavy atom. The third-order valence-corrected chi connectivity index (χ3v) is 4.15. The molecule has 2 aromatic rings. The van der Waals surface area contributed by atoms with Gasteiger partial charge in [-0.2, -0.15) is 0 Å². The Bertz CT molecular complexity index is 678. The zero-order chi connectivity index (χ0) is 15.6. The van der Waals surface area contributed by atoms with Crippen molar-refractivity contribution in [3.63, 3.8) is 0 Å². The standard InChI is InChI=1S/C18H18FNO2/c19-16-6-4-13(5-7-16)11-18(8-9-18)20-12-14-2-1-3-15(10-14)17(21)22/h1-7,10,20H,8-9,11-12H2,(H,21,22). The van der Waals surface area contributed by atoms with Crippen LogP contribution in [-0.2, 0) is 13.0 Å². The second-order valence-electron chi connectivity index (χ2n) is 5.94. The van der Waals surface area contributed by atoms with Gasteiger partial charge < -0.3 is 10.4 Å². The first-order valence-electron chi connectivity index (χ1n) is 7.38. The molecule has 1 saturated carbocycles. The van der Waals surface area contributed by atoms with Crippen LogP contribution in [0.3, 0.4) is 0 Å². The van der Waals surface area contributed by atoms with Crippen LogP contribution in [0, 0.1) is 5.82 Å². The summed E-state index contributed by atoms with van der Waals surface area (Å²) in [6.45, 7) is 0.641. The van der Waals surface area contributed by atoms with Gasteiger partial charge in [-0.05, 0) is 54.7 Å². The summed E-state index contributed by atoms with van der Waals surface area (Å²) in [5.41, 5.74) is 2.45. The summed E-state index contributed by atoms with van der Waals surface area (Å²) >= 11 is 0. The molecule has 1 aliphatic carbocycles. The minimum Gasteiger partial charge on any atom is -0.478 e. The van der Waals surface area contributed by atoms with Crippen LogP contribution in [0.2, 0.25) is 0 Å². The number of hydrogen-bond donors (Lipinski definition) is 2. The molecule has 22 heavy (non-hydrogen) atoms.